The number of hydrogen-bond acceptors (Lipinski definition) is 5. The summed E-state index contributed by atoms with van der Waals surface area (Å²) in [5, 5.41) is 2.97. The van der Waals surface area contributed by atoms with Crippen LogP contribution in [0.4, 0.5) is 10.5 Å². The number of rotatable bonds is 4. The van der Waals surface area contributed by atoms with Gasteiger partial charge in [0.2, 0.25) is 5.91 Å². The molecule has 0 aromatic heterocycles. The van der Waals surface area contributed by atoms with Gasteiger partial charge in [-0.05, 0) is 30.8 Å². The number of nitrogens with one attached hydrogen (secondary N) is 1. The second kappa shape index (κ2) is 7.19. The summed E-state index contributed by atoms with van der Waals surface area (Å²) >= 11 is 0. The van der Waals surface area contributed by atoms with E-state index in [1.807, 2.05) is 0 Å². The number of carbonyl (C=O) groups is 2. The SMILES string of the molecule is CCN1CCN(C2CC(=O)N(c3ccc(OC)cc3)C(=O)N2)CC1. The smallest absolute Gasteiger partial charge is 0.329 e. The fourth-order valence-electron chi connectivity index (χ4n) is 3.23. The summed E-state index contributed by atoms with van der Waals surface area (Å²) in [5.41, 5.74) is 0.563. The number of benzene rings is 1. The number of hydrogen-bond donors (Lipinski definition) is 1. The van der Waals surface area contributed by atoms with Gasteiger partial charge in [0.1, 0.15) is 5.75 Å². The molecule has 1 aromatic rings. The maximum absolute atomic E-state index is 12.5. The predicted molar refractivity (Wildman–Crippen MR) is 91.1 cm³/mol. The van der Waals surface area contributed by atoms with E-state index in [2.05, 4.69) is 22.0 Å². The van der Waals surface area contributed by atoms with Gasteiger partial charge in [-0.3, -0.25) is 9.69 Å². The molecule has 130 valence electrons. The Balaban J connectivity index is 1.66. The fourth-order valence-corrected chi connectivity index (χ4v) is 3.23. The van der Waals surface area contributed by atoms with Crippen LogP contribution < -0.4 is 15.0 Å². The number of methoxy groups -OCH3 is 1. The molecule has 0 bridgehead atoms. The normalized spacial score (nSPS) is 23.2. The van der Waals surface area contributed by atoms with Gasteiger partial charge in [0, 0.05) is 26.2 Å². The molecule has 24 heavy (non-hydrogen) atoms. The van der Waals surface area contributed by atoms with Crippen LogP contribution in [0.2, 0.25) is 0 Å². The molecule has 2 aliphatic heterocycles. The number of amides is 3. The monoisotopic (exact) mass is 332 g/mol. The Hall–Kier alpha value is -2.12. The van der Waals surface area contributed by atoms with Gasteiger partial charge in [-0.15, -0.1) is 0 Å². The zero-order chi connectivity index (χ0) is 17.1. The molecular weight excluding hydrogens is 308 g/mol. The van der Waals surface area contributed by atoms with Gasteiger partial charge in [0.25, 0.3) is 0 Å². The summed E-state index contributed by atoms with van der Waals surface area (Å²) in [6, 6.07) is 6.56. The van der Waals surface area contributed by atoms with Crippen molar-refractivity contribution in [2.75, 3.05) is 44.7 Å². The van der Waals surface area contributed by atoms with E-state index < -0.39 is 0 Å². The highest BCUT2D eigenvalue weighted by Crippen LogP contribution is 2.23. The average Bonchev–Trinajstić information content (AvgIpc) is 2.61. The first kappa shape index (κ1) is 16.7. The minimum absolute atomic E-state index is 0.174. The van der Waals surface area contributed by atoms with Crippen LogP contribution in [0, 0.1) is 0 Å². The zero-order valence-corrected chi connectivity index (χ0v) is 14.2. The highest BCUT2D eigenvalue weighted by atomic mass is 16.5. The van der Waals surface area contributed by atoms with E-state index in [0.29, 0.717) is 17.9 Å². The van der Waals surface area contributed by atoms with Crippen molar-refractivity contribution in [2.45, 2.75) is 19.5 Å². The lowest BCUT2D eigenvalue weighted by atomic mass is 10.1. The molecule has 3 rings (SSSR count). The number of nitrogens with zero attached hydrogens (tertiary/aromatic N) is 3. The molecule has 2 heterocycles. The summed E-state index contributed by atoms with van der Waals surface area (Å²) in [5.74, 6) is 0.516. The molecule has 0 saturated carbocycles. The van der Waals surface area contributed by atoms with E-state index in [4.69, 9.17) is 4.74 Å². The zero-order valence-electron chi connectivity index (χ0n) is 14.2. The molecule has 1 unspecified atom stereocenters. The molecular formula is C17H24N4O3. The number of likely N-dealkylation sites (N-methyl/N-ethyl adjacent to an activating group) is 1. The molecule has 7 heteroatoms. The molecule has 0 radical (unpaired) electrons. The van der Waals surface area contributed by atoms with Crippen molar-refractivity contribution < 1.29 is 14.3 Å². The van der Waals surface area contributed by atoms with Crippen LogP contribution in [-0.2, 0) is 4.79 Å². The summed E-state index contributed by atoms with van der Waals surface area (Å²) < 4.78 is 5.11. The lowest BCUT2D eigenvalue weighted by molar-refractivity contribution is -0.120. The Morgan fingerprint density at radius 3 is 2.33 bits per heavy atom. The molecule has 2 fully saturated rings. The molecule has 3 amide bonds. The molecule has 1 N–H and O–H groups in total. The number of carbonyl (C=O) groups excluding carboxylic acids is 2. The predicted octanol–water partition coefficient (Wildman–Crippen LogP) is 1.11. The summed E-state index contributed by atoms with van der Waals surface area (Å²) in [6.45, 7) is 6.87. The number of urea groups is 1. The van der Waals surface area contributed by atoms with Gasteiger partial charge in [-0.1, -0.05) is 6.92 Å². The van der Waals surface area contributed by atoms with E-state index in [-0.39, 0.29) is 18.1 Å². The molecule has 1 aromatic carbocycles. The van der Waals surface area contributed by atoms with E-state index in [9.17, 15) is 9.59 Å². The van der Waals surface area contributed by atoms with Gasteiger partial charge in [0.05, 0.1) is 25.4 Å². The van der Waals surface area contributed by atoms with Crippen molar-refractivity contribution in [1.29, 1.82) is 0 Å². The van der Waals surface area contributed by atoms with E-state index in [1.54, 1.807) is 31.4 Å². The van der Waals surface area contributed by atoms with Gasteiger partial charge in [-0.2, -0.15) is 0 Å². The van der Waals surface area contributed by atoms with Crippen molar-refractivity contribution in [3.63, 3.8) is 0 Å². The molecule has 0 spiro atoms. The maximum atomic E-state index is 12.5. The minimum Gasteiger partial charge on any atom is -0.497 e. The standard InChI is InChI=1S/C17H24N4O3/c1-3-19-8-10-20(11-9-19)15-12-16(22)21(17(23)18-15)13-4-6-14(24-2)7-5-13/h4-7,15H,3,8-12H2,1-2H3,(H,18,23). The van der Waals surface area contributed by atoms with Crippen LogP contribution in [0.1, 0.15) is 13.3 Å². The number of imide groups is 1. The minimum atomic E-state index is -0.362. The van der Waals surface area contributed by atoms with Gasteiger partial charge in [-0.25, -0.2) is 9.69 Å². The van der Waals surface area contributed by atoms with E-state index >= 15 is 0 Å². The molecule has 0 aliphatic carbocycles. The van der Waals surface area contributed by atoms with Crippen molar-refractivity contribution >= 4 is 17.6 Å². The molecule has 2 aliphatic rings. The lowest BCUT2D eigenvalue weighted by Crippen LogP contribution is -2.63. The number of anilines is 1. The van der Waals surface area contributed by atoms with E-state index in [0.717, 1.165) is 32.7 Å². The Bertz CT molecular complexity index is 578. The third-order valence-electron chi connectivity index (χ3n) is 4.74. The molecule has 2 saturated heterocycles. The molecule has 1 atom stereocenters. The van der Waals surface area contributed by atoms with Gasteiger partial charge in [0.15, 0.2) is 0 Å². The Morgan fingerprint density at radius 2 is 1.79 bits per heavy atom. The Kier molecular flexibility index (Phi) is 5.01. The van der Waals surface area contributed by atoms with Crippen LogP contribution in [0.3, 0.4) is 0 Å². The van der Waals surface area contributed by atoms with Crippen molar-refractivity contribution in [3.8, 4) is 5.75 Å². The number of piperazine rings is 1. The maximum Gasteiger partial charge on any atom is 0.329 e. The highest BCUT2D eigenvalue weighted by Gasteiger charge is 2.36. The summed E-state index contributed by atoms with van der Waals surface area (Å²) in [6.07, 6.45) is 0.0858. The topological polar surface area (TPSA) is 65.1 Å². The van der Waals surface area contributed by atoms with Crippen LogP contribution in [0.15, 0.2) is 24.3 Å². The summed E-state index contributed by atoms with van der Waals surface area (Å²) in [7, 11) is 1.58. The third-order valence-corrected chi connectivity index (χ3v) is 4.74. The second-order valence-corrected chi connectivity index (χ2v) is 6.07. The van der Waals surface area contributed by atoms with Crippen molar-refractivity contribution in [3.05, 3.63) is 24.3 Å². The van der Waals surface area contributed by atoms with Crippen molar-refractivity contribution in [1.82, 2.24) is 15.1 Å². The van der Waals surface area contributed by atoms with Gasteiger partial charge < -0.3 is 15.0 Å². The van der Waals surface area contributed by atoms with Crippen LogP contribution in [0.5, 0.6) is 5.75 Å². The van der Waals surface area contributed by atoms with E-state index in [1.165, 1.54) is 4.90 Å². The van der Waals surface area contributed by atoms with Gasteiger partial charge >= 0.3 is 6.03 Å². The summed E-state index contributed by atoms with van der Waals surface area (Å²) in [4.78, 5) is 30.8. The van der Waals surface area contributed by atoms with Crippen LogP contribution >= 0.6 is 0 Å². The Labute approximate surface area is 142 Å². The highest BCUT2D eigenvalue weighted by molar-refractivity contribution is 6.16. The van der Waals surface area contributed by atoms with Crippen LogP contribution in [-0.4, -0.2) is 67.7 Å². The fraction of sp³-hybridized carbons (Fsp3) is 0.529. The first-order valence-electron chi connectivity index (χ1n) is 8.36. The average molecular weight is 332 g/mol. The first-order valence-corrected chi connectivity index (χ1v) is 8.36. The quantitative estimate of drug-likeness (QED) is 0.895. The largest absolute Gasteiger partial charge is 0.497 e. The van der Waals surface area contributed by atoms with Crippen LogP contribution in [0.25, 0.3) is 0 Å². The lowest BCUT2D eigenvalue weighted by Gasteiger charge is -2.41. The Morgan fingerprint density at radius 1 is 1.12 bits per heavy atom. The third kappa shape index (κ3) is 3.37. The second-order valence-electron chi connectivity index (χ2n) is 6.07. The first-order chi connectivity index (χ1) is 11.6. The van der Waals surface area contributed by atoms with Crippen molar-refractivity contribution in [2.24, 2.45) is 0 Å². The molecule has 7 nitrogen and oxygen atoms in total. The number of ether oxygens (including phenoxy) is 1.